The van der Waals surface area contributed by atoms with Crippen LogP contribution in [0.4, 0.5) is 0 Å². The molecule has 1 aliphatic rings. The van der Waals surface area contributed by atoms with Gasteiger partial charge < -0.3 is 4.90 Å². The summed E-state index contributed by atoms with van der Waals surface area (Å²) in [5.74, 6) is 0.951. The molecule has 96 valence electrons. The minimum absolute atomic E-state index is 0.597. The van der Waals surface area contributed by atoms with Crippen LogP contribution in [0.2, 0.25) is 0 Å². The van der Waals surface area contributed by atoms with Gasteiger partial charge in [-0.1, -0.05) is 6.42 Å². The van der Waals surface area contributed by atoms with Crippen molar-refractivity contribution in [2.45, 2.75) is 31.7 Å². The number of fused-ring (bicyclic) bond motifs is 1. The van der Waals surface area contributed by atoms with E-state index in [1.165, 1.54) is 25.8 Å². The Bertz CT molecular complexity index is 551. The Hall–Kier alpha value is -0.940. The molecule has 1 saturated heterocycles. The highest BCUT2D eigenvalue weighted by Gasteiger charge is 2.20. The number of piperidine rings is 1. The number of hydrogen-bond acceptors (Lipinski definition) is 3. The van der Waals surface area contributed by atoms with E-state index in [4.69, 9.17) is 0 Å². The smallest absolute Gasteiger partial charge is 0.155 e. The zero-order valence-corrected chi connectivity index (χ0v) is 12.1. The SMILES string of the molecule is CN1CCCCC1Cc1nc2ccc(Br)cn2n1. The minimum atomic E-state index is 0.597. The molecule has 1 fully saturated rings. The Kier molecular flexibility index (Phi) is 3.35. The third kappa shape index (κ3) is 2.42. The van der Waals surface area contributed by atoms with E-state index in [9.17, 15) is 0 Å². The number of rotatable bonds is 2. The second-order valence-corrected chi connectivity index (χ2v) is 5.93. The minimum Gasteiger partial charge on any atom is -0.303 e. The number of likely N-dealkylation sites (tertiary alicyclic amines) is 1. The van der Waals surface area contributed by atoms with E-state index in [1.54, 1.807) is 0 Å². The van der Waals surface area contributed by atoms with E-state index in [1.807, 2.05) is 22.8 Å². The van der Waals surface area contributed by atoms with Crippen molar-refractivity contribution in [1.82, 2.24) is 19.5 Å². The first kappa shape index (κ1) is 12.1. The highest BCUT2D eigenvalue weighted by molar-refractivity contribution is 9.10. The highest BCUT2D eigenvalue weighted by Crippen LogP contribution is 2.18. The lowest BCUT2D eigenvalue weighted by Gasteiger charge is -2.31. The van der Waals surface area contributed by atoms with Crippen LogP contribution in [-0.4, -0.2) is 39.1 Å². The molecule has 1 aliphatic heterocycles. The Morgan fingerprint density at radius 1 is 1.39 bits per heavy atom. The fraction of sp³-hybridized carbons (Fsp3) is 0.538. The van der Waals surface area contributed by atoms with Gasteiger partial charge in [-0.05, 0) is 54.5 Å². The summed E-state index contributed by atoms with van der Waals surface area (Å²) in [7, 11) is 2.20. The lowest BCUT2D eigenvalue weighted by Crippen LogP contribution is -2.37. The molecule has 0 aliphatic carbocycles. The Morgan fingerprint density at radius 3 is 3.11 bits per heavy atom. The Morgan fingerprint density at radius 2 is 2.28 bits per heavy atom. The summed E-state index contributed by atoms with van der Waals surface area (Å²) in [6.07, 6.45) is 6.81. The molecule has 0 saturated carbocycles. The molecular formula is C13H17BrN4. The van der Waals surface area contributed by atoms with Crippen LogP contribution in [0.3, 0.4) is 0 Å². The van der Waals surface area contributed by atoms with Gasteiger partial charge in [0, 0.05) is 23.1 Å². The zero-order valence-electron chi connectivity index (χ0n) is 10.5. The largest absolute Gasteiger partial charge is 0.303 e. The molecule has 0 spiro atoms. The van der Waals surface area contributed by atoms with Crippen LogP contribution >= 0.6 is 15.9 Å². The summed E-state index contributed by atoms with van der Waals surface area (Å²) < 4.78 is 2.88. The zero-order chi connectivity index (χ0) is 12.5. The van der Waals surface area contributed by atoms with Gasteiger partial charge in [-0.25, -0.2) is 9.50 Å². The fourth-order valence-corrected chi connectivity index (χ4v) is 2.93. The van der Waals surface area contributed by atoms with Crippen LogP contribution < -0.4 is 0 Å². The molecule has 1 atom stereocenters. The maximum Gasteiger partial charge on any atom is 0.155 e. The van der Waals surface area contributed by atoms with Crippen molar-refractivity contribution in [2.24, 2.45) is 0 Å². The van der Waals surface area contributed by atoms with Crippen molar-refractivity contribution in [3.05, 3.63) is 28.6 Å². The Labute approximate surface area is 115 Å². The van der Waals surface area contributed by atoms with Crippen LogP contribution in [0, 0.1) is 0 Å². The van der Waals surface area contributed by atoms with Crippen LogP contribution in [0.5, 0.6) is 0 Å². The molecule has 2 aromatic heterocycles. The molecule has 0 bridgehead atoms. The van der Waals surface area contributed by atoms with E-state index in [2.05, 4.69) is 38.0 Å². The van der Waals surface area contributed by atoms with Crippen LogP contribution in [-0.2, 0) is 6.42 Å². The monoisotopic (exact) mass is 308 g/mol. The van der Waals surface area contributed by atoms with E-state index < -0.39 is 0 Å². The van der Waals surface area contributed by atoms with Crippen LogP contribution in [0.15, 0.2) is 22.8 Å². The van der Waals surface area contributed by atoms with Crippen LogP contribution in [0.1, 0.15) is 25.1 Å². The van der Waals surface area contributed by atoms with E-state index in [0.717, 1.165) is 22.4 Å². The average molecular weight is 309 g/mol. The maximum atomic E-state index is 4.59. The average Bonchev–Trinajstić information content (AvgIpc) is 2.73. The van der Waals surface area contributed by atoms with Gasteiger partial charge in [0.2, 0.25) is 0 Å². The van der Waals surface area contributed by atoms with Crippen molar-refractivity contribution in [2.75, 3.05) is 13.6 Å². The van der Waals surface area contributed by atoms with E-state index >= 15 is 0 Å². The van der Waals surface area contributed by atoms with Gasteiger partial charge in [-0.3, -0.25) is 0 Å². The van der Waals surface area contributed by atoms with Gasteiger partial charge >= 0.3 is 0 Å². The predicted octanol–water partition coefficient (Wildman–Crippen LogP) is 2.52. The highest BCUT2D eigenvalue weighted by atomic mass is 79.9. The normalized spacial score (nSPS) is 21.6. The second kappa shape index (κ2) is 4.97. The second-order valence-electron chi connectivity index (χ2n) is 5.01. The van der Waals surface area contributed by atoms with Crippen molar-refractivity contribution in [1.29, 1.82) is 0 Å². The first-order valence-corrected chi connectivity index (χ1v) is 7.23. The number of halogens is 1. The molecule has 2 aromatic rings. The van der Waals surface area contributed by atoms with Gasteiger partial charge in [0.25, 0.3) is 0 Å². The first-order valence-electron chi connectivity index (χ1n) is 6.43. The molecule has 0 amide bonds. The molecule has 4 nitrogen and oxygen atoms in total. The summed E-state index contributed by atoms with van der Waals surface area (Å²) in [6.45, 7) is 1.20. The number of nitrogens with zero attached hydrogens (tertiary/aromatic N) is 4. The van der Waals surface area contributed by atoms with Gasteiger partial charge in [0.1, 0.15) is 0 Å². The van der Waals surface area contributed by atoms with E-state index in [0.29, 0.717) is 6.04 Å². The van der Waals surface area contributed by atoms with Gasteiger partial charge in [0.15, 0.2) is 11.5 Å². The van der Waals surface area contributed by atoms with Gasteiger partial charge in [-0.2, -0.15) is 5.10 Å². The van der Waals surface area contributed by atoms with Gasteiger partial charge in [-0.15, -0.1) is 0 Å². The molecule has 1 unspecified atom stereocenters. The van der Waals surface area contributed by atoms with Gasteiger partial charge in [0.05, 0.1) is 0 Å². The maximum absolute atomic E-state index is 4.59. The summed E-state index contributed by atoms with van der Waals surface area (Å²) in [4.78, 5) is 7.02. The third-order valence-corrected chi connectivity index (χ3v) is 4.15. The molecule has 3 rings (SSSR count). The molecule has 5 heteroatoms. The first-order chi connectivity index (χ1) is 8.72. The lowest BCUT2D eigenvalue weighted by atomic mass is 10.00. The van der Waals surface area contributed by atoms with E-state index in [-0.39, 0.29) is 0 Å². The number of hydrogen-bond donors (Lipinski definition) is 0. The molecule has 0 aromatic carbocycles. The topological polar surface area (TPSA) is 33.4 Å². The number of pyridine rings is 1. The summed E-state index contributed by atoms with van der Waals surface area (Å²) in [5.41, 5.74) is 0.923. The van der Waals surface area contributed by atoms with Crippen molar-refractivity contribution >= 4 is 21.6 Å². The molecule has 3 heterocycles. The molecule has 0 N–H and O–H groups in total. The Balaban J connectivity index is 1.81. The lowest BCUT2D eigenvalue weighted by molar-refractivity contribution is 0.182. The molecule has 0 radical (unpaired) electrons. The fourth-order valence-electron chi connectivity index (χ4n) is 2.60. The molecular weight excluding hydrogens is 292 g/mol. The quantitative estimate of drug-likeness (QED) is 0.855. The standard InChI is InChI=1S/C13H17BrN4/c1-17-7-3-2-4-11(17)8-12-15-13-6-5-10(14)9-18(13)16-12/h5-6,9,11H,2-4,7-8H2,1H3. The predicted molar refractivity (Wildman–Crippen MR) is 74.7 cm³/mol. The molecule has 18 heavy (non-hydrogen) atoms. The van der Waals surface area contributed by atoms with Crippen molar-refractivity contribution in [3.63, 3.8) is 0 Å². The number of aromatic nitrogens is 3. The summed E-state index contributed by atoms with van der Waals surface area (Å²) in [5, 5.41) is 4.55. The third-order valence-electron chi connectivity index (χ3n) is 3.68. The summed E-state index contributed by atoms with van der Waals surface area (Å²) in [6, 6.07) is 4.59. The van der Waals surface area contributed by atoms with Crippen molar-refractivity contribution < 1.29 is 0 Å². The summed E-state index contributed by atoms with van der Waals surface area (Å²) >= 11 is 3.45. The number of likely N-dealkylation sites (N-methyl/N-ethyl adjacent to an activating group) is 1. The van der Waals surface area contributed by atoms with Crippen molar-refractivity contribution in [3.8, 4) is 0 Å². The van der Waals surface area contributed by atoms with Crippen LogP contribution in [0.25, 0.3) is 5.65 Å².